The van der Waals surface area contributed by atoms with Gasteiger partial charge in [0.25, 0.3) is 0 Å². The van der Waals surface area contributed by atoms with Crippen LogP contribution in [0.1, 0.15) is 20.3 Å². The van der Waals surface area contributed by atoms with Gasteiger partial charge < -0.3 is 15.4 Å². The molecule has 1 saturated heterocycles. The predicted molar refractivity (Wildman–Crippen MR) is 50.5 cm³/mol. The molecular formula is C9H18N2O2. The van der Waals surface area contributed by atoms with Gasteiger partial charge in [-0.1, -0.05) is 0 Å². The van der Waals surface area contributed by atoms with Crippen molar-refractivity contribution in [3.63, 3.8) is 0 Å². The molecule has 2 N–H and O–H groups in total. The van der Waals surface area contributed by atoms with Crippen LogP contribution < -0.4 is 10.6 Å². The van der Waals surface area contributed by atoms with Crippen LogP contribution in [0.4, 0.5) is 0 Å². The van der Waals surface area contributed by atoms with Gasteiger partial charge in [0.05, 0.1) is 12.1 Å². The number of nitrogens with one attached hydrogen (secondary N) is 2. The van der Waals surface area contributed by atoms with Crippen molar-refractivity contribution in [2.45, 2.75) is 38.5 Å². The number of amides is 1. The first-order valence-corrected chi connectivity index (χ1v) is 4.74. The maximum absolute atomic E-state index is 11.2. The van der Waals surface area contributed by atoms with Crippen molar-refractivity contribution in [3.05, 3.63) is 0 Å². The van der Waals surface area contributed by atoms with E-state index in [1.54, 1.807) is 7.05 Å². The van der Waals surface area contributed by atoms with Crippen molar-refractivity contribution in [3.8, 4) is 0 Å². The van der Waals surface area contributed by atoms with Crippen molar-refractivity contribution in [1.29, 1.82) is 0 Å². The third kappa shape index (κ3) is 2.67. The van der Waals surface area contributed by atoms with Crippen LogP contribution in [0.15, 0.2) is 0 Å². The maximum Gasteiger partial charge on any atom is 0.236 e. The van der Waals surface area contributed by atoms with E-state index in [2.05, 4.69) is 10.6 Å². The molecule has 2 unspecified atom stereocenters. The third-order valence-corrected chi connectivity index (χ3v) is 2.48. The normalized spacial score (nSPS) is 30.1. The predicted octanol–water partition coefficient (Wildman–Crippen LogP) is -0.112. The zero-order chi connectivity index (χ0) is 9.84. The Morgan fingerprint density at radius 2 is 2.31 bits per heavy atom. The number of ether oxygens (including phenoxy) is 1. The van der Waals surface area contributed by atoms with Gasteiger partial charge in [-0.2, -0.15) is 0 Å². The summed E-state index contributed by atoms with van der Waals surface area (Å²) in [5.74, 6) is 0.0269. The highest BCUT2D eigenvalue weighted by atomic mass is 16.5. The summed E-state index contributed by atoms with van der Waals surface area (Å²) in [4.78, 5) is 11.2. The molecule has 1 heterocycles. The van der Waals surface area contributed by atoms with Crippen molar-refractivity contribution in [1.82, 2.24) is 10.6 Å². The zero-order valence-corrected chi connectivity index (χ0v) is 8.46. The number of hydrogen-bond acceptors (Lipinski definition) is 3. The summed E-state index contributed by atoms with van der Waals surface area (Å²) in [5, 5.41) is 5.85. The molecule has 0 aromatic heterocycles. The van der Waals surface area contributed by atoms with Crippen LogP contribution in [0.25, 0.3) is 0 Å². The summed E-state index contributed by atoms with van der Waals surface area (Å²) < 4.78 is 5.39. The molecule has 4 heteroatoms. The van der Waals surface area contributed by atoms with Gasteiger partial charge in [0.2, 0.25) is 5.91 Å². The molecule has 1 amide bonds. The first kappa shape index (κ1) is 10.5. The lowest BCUT2D eigenvalue weighted by Crippen LogP contribution is -2.47. The van der Waals surface area contributed by atoms with E-state index < -0.39 is 0 Å². The van der Waals surface area contributed by atoms with Gasteiger partial charge in [-0.15, -0.1) is 0 Å². The van der Waals surface area contributed by atoms with Crippen molar-refractivity contribution >= 4 is 5.91 Å². The molecule has 1 fully saturated rings. The monoisotopic (exact) mass is 186 g/mol. The van der Waals surface area contributed by atoms with E-state index in [0.717, 1.165) is 13.0 Å². The quantitative estimate of drug-likeness (QED) is 0.646. The Kier molecular flexibility index (Phi) is 3.69. The molecule has 0 bridgehead atoms. The minimum Gasteiger partial charge on any atom is -0.377 e. The number of carbonyl (C=O) groups excluding carboxylic acids is 1. The molecular weight excluding hydrogens is 168 g/mol. The molecule has 0 saturated carbocycles. The Morgan fingerprint density at radius 1 is 1.62 bits per heavy atom. The van der Waals surface area contributed by atoms with Gasteiger partial charge in [-0.05, 0) is 20.3 Å². The van der Waals surface area contributed by atoms with Gasteiger partial charge >= 0.3 is 0 Å². The highest BCUT2D eigenvalue weighted by Gasteiger charge is 2.26. The fraction of sp³-hybridized carbons (Fsp3) is 0.889. The van der Waals surface area contributed by atoms with Gasteiger partial charge in [-0.25, -0.2) is 0 Å². The SMILES string of the molecule is CNC(=O)[C@@H](C)NC1CCOC1C. The average molecular weight is 186 g/mol. The minimum atomic E-state index is -0.140. The van der Waals surface area contributed by atoms with Crippen molar-refractivity contribution in [2.75, 3.05) is 13.7 Å². The standard InChI is InChI=1S/C9H18N2O2/c1-6(9(12)10-3)11-8-4-5-13-7(8)2/h6-8,11H,4-5H2,1-3H3,(H,10,12)/t6-,7?,8?/m1/s1. The summed E-state index contributed by atoms with van der Waals surface area (Å²) in [6.07, 6.45) is 1.20. The Morgan fingerprint density at radius 3 is 2.77 bits per heavy atom. The van der Waals surface area contributed by atoms with Crippen molar-refractivity contribution < 1.29 is 9.53 Å². The average Bonchev–Trinajstić information content (AvgIpc) is 2.50. The van der Waals surface area contributed by atoms with E-state index in [1.165, 1.54) is 0 Å². The first-order valence-electron chi connectivity index (χ1n) is 4.74. The topological polar surface area (TPSA) is 50.4 Å². The molecule has 0 spiro atoms. The fourth-order valence-corrected chi connectivity index (χ4v) is 1.56. The highest BCUT2D eigenvalue weighted by Crippen LogP contribution is 2.12. The number of carbonyl (C=O) groups is 1. The van der Waals surface area contributed by atoms with Crippen LogP contribution in [0.5, 0.6) is 0 Å². The molecule has 13 heavy (non-hydrogen) atoms. The van der Waals surface area contributed by atoms with Crippen LogP contribution in [-0.4, -0.2) is 37.7 Å². The summed E-state index contributed by atoms with van der Waals surface area (Å²) in [5.41, 5.74) is 0. The lowest BCUT2D eigenvalue weighted by atomic mass is 10.1. The van der Waals surface area contributed by atoms with E-state index in [9.17, 15) is 4.79 Å². The second kappa shape index (κ2) is 4.58. The Hall–Kier alpha value is -0.610. The van der Waals surface area contributed by atoms with Crippen LogP contribution >= 0.6 is 0 Å². The molecule has 76 valence electrons. The molecule has 0 radical (unpaired) electrons. The van der Waals surface area contributed by atoms with E-state index in [0.29, 0.717) is 6.04 Å². The smallest absolute Gasteiger partial charge is 0.236 e. The molecule has 1 aliphatic heterocycles. The molecule has 0 aromatic rings. The van der Waals surface area contributed by atoms with Gasteiger partial charge in [-0.3, -0.25) is 4.79 Å². The Balaban J connectivity index is 2.34. The van der Waals surface area contributed by atoms with Gasteiger partial charge in [0.15, 0.2) is 0 Å². The van der Waals surface area contributed by atoms with Crippen LogP contribution in [-0.2, 0) is 9.53 Å². The number of rotatable bonds is 3. The highest BCUT2D eigenvalue weighted by molar-refractivity contribution is 5.80. The molecule has 0 aromatic carbocycles. The summed E-state index contributed by atoms with van der Waals surface area (Å²) in [7, 11) is 1.65. The van der Waals surface area contributed by atoms with Gasteiger partial charge in [0.1, 0.15) is 0 Å². The van der Waals surface area contributed by atoms with E-state index in [-0.39, 0.29) is 18.1 Å². The number of hydrogen-bond donors (Lipinski definition) is 2. The molecule has 4 nitrogen and oxygen atoms in total. The fourth-order valence-electron chi connectivity index (χ4n) is 1.56. The van der Waals surface area contributed by atoms with Crippen molar-refractivity contribution in [2.24, 2.45) is 0 Å². The Bertz CT molecular complexity index is 184. The van der Waals surface area contributed by atoms with E-state index in [1.807, 2.05) is 13.8 Å². The van der Waals surface area contributed by atoms with E-state index in [4.69, 9.17) is 4.74 Å². The first-order chi connectivity index (χ1) is 6.15. The molecule has 0 aliphatic carbocycles. The van der Waals surface area contributed by atoms with E-state index >= 15 is 0 Å². The van der Waals surface area contributed by atoms with Crippen LogP contribution in [0.2, 0.25) is 0 Å². The lowest BCUT2D eigenvalue weighted by molar-refractivity contribution is -0.122. The second-order valence-corrected chi connectivity index (χ2v) is 3.47. The second-order valence-electron chi connectivity index (χ2n) is 3.47. The van der Waals surface area contributed by atoms with Crippen LogP contribution in [0.3, 0.4) is 0 Å². The molecule has 3 atom stereocenters. The zero-order valence-electron chi connectivity index (χ0n) is 8.46. The largest absolute Gasteiger partial charge is 0.377 e. The summed E-state index contributed by atoms with van der Waals surface area (Å²) >= 11 is 0. The summed E-state index contributed by atoms with van der Waals surface area (Å²) in [6.45, 7) is 4.68. The van der Waals surface area contributed by atoms with Crippen LogP contribution in [0, 0.1) is 0 Å². The molecule has 1 aliphatic rings. The third-order valence-electron chi connectivity index (χ3n) is 2.48. The van der Waals surface area contributed by atoms with Gasteiger partial charge in [0, 0.05) is 19.7 Å². The minimum absolute atomic E-state index is 0.0269. The number of likely N-dealkylation sites (N-methyl/N-ethyl adjacent to an activating group) is 1. The maximum atomic E-state index is 11.2. The molecule has 1 rings (SSSR count). The lowest BCUT2D eigenvalue weighted by Gasteiger charge is -2.20. The summed E-state index contributed by atoms with van der Waals surface area (Å²) in [6, 6.07) is 0.173. The Labute approximate surface area is 79.0 Å².